The second-order valence-corrected chi connectivity index (χ2v) is 4.45. The van der Waals surface area contributed by atoms with Gasteiger partial charge in [-0.15, -0.1) is 0 Å². The number of carbonyl (C=O) groups is 1. The van der Waals surface area contributed by atoms with Crippen LogP contribution in [0.2, 0.25) is 0 Å². The molecule has 0 atom stereocenters. The highest BCUT2D eigenvalue weighted by atomic mass is 79.9. The van der Waals surface area contributed by atoms with E-state index in [1.807, 2.05) is 0 Å². The Morgan fingerprint density at radius 2 is 1.89 bits per heavy atom. The third kappa shape index (κ3) is 4.48. The monoisotopic (exact) mass is 315 g/mol. The third-order valence-electron chi connectivity index (χ3n) is 2.26. The topological polar surface area (TPSA) is 78.9 Å². The summed E-state index contributed by atoms with van der Waals surface area (Å²) in [5.41, 5.74) is 0. The Kier molecular flexibility index (Phi) is 6.42. The van der Waals surface area contributed by atoms with E-state index >= 15 is 0 Å². The summed E-state index contributed by atoms with van der Waals surface area (Å²) in [7, 11) is 1.62. The molecule has 0 fully saturated rings. The molecule has 0 unspecified atom stereocenters. The van der Waals surface area contributed by atoms with Gasteiger partial charge in [0.1, 0.15) is 22.4 Å². The van der Waals surface area contributed by atoms with Gasteiger partial charge < -0.3 is 16.0 Å². The number of hydrogen-bond donors (Lipinski definition) is 3. The van der Waals surface area contributed by atoms with Crippen molar-refractivity contribution in [3.63, 3.8) is 0 Å². The first-order valence-electron chi connectivity index (χ1n) is 5.87. The van der Waals surface area contributed by atoms with Crippen molar-refractivity contribution in [1.82, 2.24) is 15.3 Å². The van der Waals surface area contributed by atoms with E-state index in [9.17, 15) is 4.79 Å². The molecular weight excluding hydrogens is 298 g/mol. The second-order valence-electron chi connectivity index (χ2n) is 3.66. The molecule has 1 aromatic heterocycles. The Morgan fingerprint density at radius 3 is 2.44 bits per heavy atom. The van der Waals surface area contributed by atoms with E-state index in [2.05, 4.69) is 48.8 Å². The zero-order valence-electron chi connectivity index (χ0n) is 10.6. The summed E-state index contributed by atoms with van der Waals surface area (Å²) in [5.74, 6) is 1.44. The largest absolute Gasteiger partial charge is 0.369 e. The van der Waals surface area contributed by atoms with Gasteiger partial charge in [-0.1, -0.05) is 6.92 Å². The highest BCUT2D eigenvalue weighted by Crippen LogP contribution is 2.26. The summed E-state index contributed by atoms with van der Waals surface area (Å²) in [6, 6.07) is 0. The smallest absolute Gasteiger partial charge is 0.221 e. The van der Waals surface area contributed by atoms with Crippen LogP contribution < -0.4 is 16.0 Å². The molecular formula is C11H18BrN5O. The van der Waals surface area contributed by atoms with E-state index in [-0.39, 0.29) is 5.91 Å². The van der Waals surface area contributed by atoms with Crippen molar-refractivity contribution >= 4 is 33.5 Å². The molecule has 0 aliphatic rings. The molecule has 1 rings (SSSR count). The van der Waals surface area contributed by atoms with Gasteiger partial charge in [-0.25, -0.2) is 9.97 Å². The van der Waals surface area contributed by atoms with Gasteiger partial charge in [-0.2, -0.15) is 0 Å². The lowest BCUT2D eigenvalue weighted by Crippen LogP contribution is -2.21. The van der Waals surface area contributed by atoms with Crippen molar-refractivity contribution in [2.75, 3.05) is 30.8 Å². The minimum Gasteiger partial charge on any atom is -0.369 e. The molecule has 3 N–H and O–H groups in total. The van der Waals surface area contributed by atoms with Gasteiger partial charge in [0.05, 0.1) is 0 Å². The molecule has 0 saturated carbocycles. The molecule has 1 amide bonds. The van der Waals surface area contributed by atoms with E-state index in [4.69, 9.17) is 0 Å². The lowest BCUT2D eigenvalue weighted by atomic mass is 10.4. The summed E-state index contributed by atoms with van der Waals surface area (Å²) in [4.78, 5) is 19.4. The molecule has 0 saturated heterocycles. The lowest BCUT2D eigenvalue weighted by Gasteiger charge is -2.10. The van der Waals surface area contributed by atoms with Gasteiger partial charge in [-0.3, -0.25) is 4.79 Å². The van der Waals surface area contributed by atoms with Gasteiger partial charge in [-0.05, 0) is 22.4 Å². The average molecular weight is 316 g/mol. The molecule has 18 heavy (non-hydrogen) atoms. The van der Waals surface area contributed by atoms with Gasteiger partial charge >= 0.3 is 0 Å². The summed E-state index contributed by atoms with van der Waals surface area (Å²) in [6.45, 7) is 3.47. The van der Waals surface area contributed by atoms with E-state index in [0.717, 1.165) is 23.3 Å². The van der Waals surface area contributed by atoms with Crippen LogP contribution in [0.15, 0.2) is 10.8 Å². The Morgan fingerprint density at radius 1 is 1.28 bits per heavy atom. The van der Waals surface area contributed by atoms with Crippen LogP contribution in [0.1, 0.15) is 19.8 Å². The molecule has 6 nitrogen and oxygen atoms in total. The second kappa shape index (κ2) is 7.86. The fraction of sp³-hybridized carbons (Fsp3) is 0.545. The number of nitrogens with one attached hydrogen (secondary N) is 3. The van der Waals surface area contributed by atoms with Crippen LogP contribution in [-0.4, -0.2) is 36.0 Å². The fourth-order valence-electron chi connectivity index (χ4n) is 1.28. The number of anilines is 2. The van der Waals surface area contributed by atoms with E-state index < -0.39 is 0 Å². The molecule has 100 valence electrons. The normalized spacial score (nSPS) is 9.94. The first-order valence-corrected chi connectivity index (χ1v) is 6.67. The van der Waals surface area contributed by atoms with E-state index in [1.54, 1.807) is 7.05 Å². The summed E-state index contributed by atoms with van der Waals surface area (Å²) < 4.78 is 0.787. The van der Waals surface area contributed by atoms with Crippen molar-refractivity contribution in [2.45, 2.75) is 19.8 Å². The highest BCUT2D eigenvalue weighted by molar-refractivity contribution is 9.10. The molecule has 0 radical (unpaired) electrons. The molecule has 7 heteroatoms. The molecule has 0 aliphatic heterocycles. The lowest BCUT2D eigenvalue weighted by molar-refractivity contribution is -0.120. The number of amides is 1. The van der Waals surface area contributed by atoms with Gasteiger partial charge in [0.25, 0.3) is 0 Å². The van der Waals surface area contributed by atoms with Crippen molar-refractivity contribution in [1.29, 1.82) is 0 Å². The molecule has 0 aromatic carbocycles. The van der Waals surface area contributed by atoms with Crippen LogP contribution in [0.25, 0.3) is 0 Å². The van der Waals surface area contributed by atoms with Crippen LogP contribution in [0.4, 0.5) is 11.6 Å². The maximum absolute atomic E-state index is 11.1. The van der Waals surface area contributed by atoms with Crippen LogP contribution in [0.3, 0.4) is 0 Å². The first-order chi connectivity index (χ1) is 8.69. The predicted octanol–water partition coefficient (Wildman–Crippen LogP) is 1.61. The summed E-state index contributed by atoms with van der Waals surface area (Å²) >= 11 is 3.45. The number of carbonyl (C=O) groups excluding carboxylic acids is 1. The van der Waals surface area contributed by atoms with Crippen LogP contribution in [0.5, 0.6) is 0 Å². The summed E-state index contributed by atoms with van der Waals surface area (Å²) in [5, 5.41) is 8.86. The van der Waals surface area contributed by atoms with Crippen molar-refractivity contribution in [3.8, 4) is 0 Å². The van der Waals surface area contributed by atoms with Gasteiger partial charge in [0.2, 0.25) is 5.91 Å². The quantitative estimate of drug-likeness (QED) is 0.712. The Hall–Kier alpha value is -1.37. The maximum atomic E-state index is 11.1. The molecule has 1 aromatic rings. The standard InChI is InChI=1S/C11H18BrN5O/c1-3-5-14-10-9(12)11(17-7-16-10)15-6-4-8(18)13-2/h7H,3-6H2,1-2H3,(H,13,18)(H2,14,15,16,17). The third-order valence-corrected chi connectivity index (χ3v) is 3.01. The number of rotatable bonds is 7. The molecule has 0 spiro atoms. The van der Waals surface area contributed by atoms with E-state index in [0.29, 0.717) is 18.8 Å². The van der Waals surface area contributed by atoms with Crippen LogP contribution in [0, 0.1) is 0 Å². The Labute approximate surface area is 115 Å². The molecule has 0 aliphatic carbocycles. The predicted molar refractivity (Wildman–Crippen MR) is 75.7 cm³/mol. The average Bonchev–Trinajstić information content (AvgIpc) is 2.39. The zero-order valence-corrected chi connectivity index (χ0v) is 12.2. The van der Waals surface area contributed by atoms with Crippen LogP contribution >= 0.6 is 15.9 Å². The van der Waals surface area contributed by atoms with Crippen LogP contribution in [-0.2, 0) is 4.79 Å². The van der Waals surface area contributed by atoms with Gasteiger partial charge in [0.15, 0.2) is 0 Å². The maximum Gasteiger partial charge on any atom is 0.221 e. The van der Waals surface area contributed by atoms with E-state index in [1.165, 1.54) is 6.33 Å². The van der Waals surface area contributed by atoms with Gasteiger partial charge in [0, 0.05) is 26.6 Å². The SMILES string of the molecule is CCCNc1ncnc(NCCC(=O)NC)c1Br. The fourth-order valence-corrected chi connectivity index (χ4v) is 1.76. The minimum absolute atomic E-state index is 0.00277. The Balaban J connectivity index is 2.57. The van der Waals surface area contributed by atoms with Crippen molar-refractivity contribution in [3.05, 3.63) is 10.8 Å². The Bertz CT molecular complexity index is 399. The zero-order chi connectivity index (χ0) is 13.4. The number of halogens is 1. The minimum atomic E-state index is -0.00277. The first kappa shape index (κ1) is 14.7. The highest BCUT2D eigenvalue weighted by Gasteiger charge is 2.08. The summed E-state index contributed by atoms with van der Waals surface area (Å²) in [6.07, 6.45) is 2.92. The molecule has 0 bridgehead atoms. The number of nitrogens with zero attached hydrogens (tertiary/aromatic N) is 2. The number of hydrogen-bond acceptors (Lipinski definition) is 5. The van der Waals surface area contributed by atoms with Crippen molar-refractivity contribution < 1.29 is 4.79 Å². The number of aromatic nitrogens is 2. The molecule has 1 heterocycles. The van der Waals surface area contributed by atoms with Crippen molar-refractivity contribution in [2.24, 2.45) is 0 Å².